The van der Waals surface area contributed by atoms with Crippen LogP contribution in [0.15, 0.2) is 4.99 Å². The molecule has 0 aromatic carbocycles. The van der Waals surface area contributed by atoms with Crippen LogP contribution in [-0.2, 0) is 14.6 Å². The van der Waals surface area contributed by atoms with Crippen LogP contribution in [0, 0.1) is 0 Å². The molecule has 0 saturated heterocycles. The summed E-state index contributed by atoms with van der Waals surface area (Å²) in [5, 5.41) is 6.02. The molecular weight excluding hydrogens is 369 g/mol. The van der Waals surface area contributed by atoms with E-state index in [9.17, 15) is 8.42 Å². The van der Waals surface area contributed by atoms with Gasteiger partial charge in [-0.15, -0.1) is 24.0 Å². The summed E-state index contributed by atoms with van der Waals surface area (Å²) in [6.45, 7) is 4.40. The van der Waals surface area contributed by atoms with E-state index in [1.54, 1.807) is 7.11 Å². The van der Waals surface area contributed by atoms with Crippen molar-refractivity contribution in [3.8, 4) is 0 Å². The van der Waals surface area contributed by atoms with Crippen molar-refractivity contribution >= 4 is 39.8 Å². The summed E-state index contributed by atoms with van der Waals surface area (Å²) in [4.78, 5) is 4.29. The van der Waals surface area contributed by atoms with Crippen molar-refractivity contribution in [2.75, 3.05) is 45.4 Å². The molecule has 0 saturated carbocycles. The van der Waals surface area contributed by atoms with Gasteiger partial charge in [-0.2, -0.15) is 0 Å². The number of ether oxygens (including phenoxy) is 1. The smallest absolute Gasteiger partial charge is 0.191 e. The van der Waals surface area contributed by atoms with Gasteiger partial charge in [0.15, 0.2) is 5.96 Å². The number of hydrogen-bond donors (Lipinski definition) is 2. The van der Waals surface area contributed by atoms with E-state index in [2.05, 4.69) is 15.6 Å². The molecule has 18 heavy (non-hydrogen) atoms. The van der Waals surface area contributed by atoms with Gasteiger partial charge in [0.2, 0.25) is 0 Å². The van der Waals surface area contributed by atoms with Gasteiger partial charge in [-0.25, -0.2) is 8.42 Å². The summed E-state index contributed by atoms with van der Waals surface area (Å²) >= 11 is 0. The van der Waals surface area contributed by atoms with E-state index in [-0.39, 0.29) is 29.7 Å². The molecule has 0 rings (SSSR count). The van der Waals surface area contributed by atoms with Gasteiger partial charge in [0.05, 0.1) is 5.75 Å². The second-order valence-electron chi connectivity index (χ2n) is 3.66. The van der Waals surface area contributed by atoms with E-state index < -0.39 is 9.84 Å². The number of aliphatic imine (C=N–C) groups is 1. The minimum Gasteiger partial charge on any atom is -0.385 e. The van der Waals surface area contributed by atoms with Crippen LogP contribution in [0.4, 0.5) is 0 Å². The van der Waals surface area contributed by atoms with Crippen LogP contribution >= 0.6 is 24.0 Å². The number of nitrogens with one attached hydrogen (secondary N) is 2. The Hall–Kier alpha value is -0.0900. The molecule has 0 fully saturated rings. The molecule has 0 amide bonds. The minimum absolute atomic E-state index is 0. The van der Waals surface area contributed by atoms with Crippen LogP contribution in [0.5, 0.6) is 0 Å². The highest BCUT2D eigenvalue weighted by molar-refractivity contribution is 14.0. The van der Waals surface area contributed by atoms with Crippen molar-refractivity contribution in [3.63, 3.8) is 0 Å². The third-order valence-corrected chi connectivity index (χ3v) is 2.83. The lowest BCUT2D eigenvalue weighted by atomic mass is 10.5. The Morgan fingerprint density at radius 2 is 2.00 bits per heavy atom. The molecule has 0 spiro atoms. The lowest BCUT2D eigenvalue weighted by Crippen LogP contribution is -2.39. The van der Waals surface area contributed by atoms with Gasteiger partial charge >= 0.3 is 0 Å². The second kappa shape index (κ2) is 12.0. The van der Waals surface area contributed by atoms with Gasteiger partial charge in [-0.05, 0) is 13.3 Å². The molecule has 0 unspecified atom stereocenters. The molecule has 0 aromatic heterocycles. The Balaban J connectivity index is 0. The first kappa shape index (κ1) is 20.2. The molecule has 0 aliphatic carbocycles. The molecule has 0 radical (unpaired) electrons. The Morgan fingerprint density at radius 3 is 2.50 bits per heavy atom. The quantitative estimate of drug-likeness (QED) is 0.267. The summed E-state index contributed by atoms with van der Waals surface area (Å²) in [6, 6.07) is 0. The molecule has 0 aliphatic heterocycles. The molecule has 0 aliphatic rings. The molecular formula is C10H24IN3O3S. The number of rotatable bonds is 8. The summed E-state index contributed by atoms with van der Waals surface area (Å²) in [5.41, 5.74) is 0. The summed E-state index contributed by atoms with van der Waals surface area (Å²) in [7, 11) is -1.28. The Bertz CT molecular complexity index is 320. The summed E-state index contributed by atoms with van der Waals surface area (Å²) in [5.74, 6) is 0.752. The van der Waals surface area contributed by atoms with Crippen LogP contribution in [0.1, 0.15) is 13.3 Å². The third kappa shape index (κ3) is 14.0. The van der Waals surface area contributed by atoms with Gasteiger partial charge < -0.3 is 15.4 Å². The van der Waals surface area contributed by atoms with Gasteiger partial charge in [0.1, 0.15) is 9.84 Å². The second-order valence-corrected chi connectivity index (χ2v) is 5.92. The van der Waals surface area contributed by atoms with E-state index in [1.165, 1.54) is 6.26 Å². The zero-order valence-electron chi connectivity index (χ0n) is 11.2. The maximum absolute atomic E-state index is 11.0. The third-order valence-electron chi connectivity index (χ3n) is 1.89. The lowest BCUT2D eigenvalue weighted by molar-refractivity contribution is 0.197. The number of halogens is 1. The van der Waals surface area contributed by atoms with E-state index in [0.717, 1.165) is 13.0 Å². The molecule has 0 aromatic rings. The van der Waals surface area contributed by atoms with E-state index in [1.807, 2.05) is 6.92 Å². The van der Waals surface area contributed by atoms with Crippen molar-refractivity contribution in [3.05, 3.63) is 0 Å². The van der Waals surface area contributed by atoms with E-state index >= 15 is 0 Å². The average Bonchev–Trinajstić information content (AvgIpc) is 2.22. The van der Waals surface area contributed by atoms with Gasteiger partial charge in [-0.1, -0.05) is 0 Å². The van der Waals surface area contributed by atoms with Gasteiger partial charge in [-0.3, -0.25) is 4.99 Å². The maximum atomic E-state index is 11.0. The first-order chi connectivity index (χ1) is 7.99. The monoisotopic (exact) mass is 393 g/mol. The SMILES string of the molecule is CCNC(=NCCCOC)NCCS(C)(=O)=O.I. The van der Waals surface area contributed by atoms with Crippen LogP contribution in [-0.4, -0.2) is 59.7 Å². The first-order valence-electron chi connectivity index (χ1n) is 5.68. The number of guanidine groups is 1. The van der Waals surface area contributed by atoms with E-state index in [0.29, 0.717) is 25.7 Å². The highest BCUT2D eigenvalue weighted by Crippen LogP contribution is 1.84. The maximum Gasteiger partial charge on any atom is 0.191 e. The fraction of sp³-hybridized carbons (Fsp3) is 0.900. The number of methoxy groups -OCH3 is 1. The van der Waals surface area contributed by atoms with Crippen LogP contribution in [0.3, 0.4) is 0 Å². The molecule has 0 bridgehead atoms. The van der Waals surface area contributed by atoms with Crippen LogP contribution < -0.4 is 10.6 Å². The molecule has 8 heteroatoms. The zero-order chi connectivity index (χ0) is 13.1. The van der Waals surface area contributed by atoms with Crippen molar-refractivity contribution < 1.29 is 13.2 Å². The van der Waals surface area contributed by atoms with Crippen molar-refractivity contribution in [2.45, 2.75) is 13.3 Å². The van der Waals surface area contributed by atoms with E-state index in [4.69, 9.17) is 4.74 Å². The average molecular weight is 393 g/mol. The van der Waals surface area contributed by atoms with Crippen molar-refractivity contribution in [1.29, 1.82) is 0 Å². The molecule has 2 N–H and O–H groups in total. The van der Waals surface area contributed by atoms with Gasteiger partial charge in [0, 0.05) is 39.6 Å². The fourth-order valence-corrected chi connectivity index (χ4v) is 1.57. The fourth-order valence-electron chi connectivity index (χ4n) is 1.10. The van der Waals surface area contributed by atoms with Crippen LogP contribution in [0.25, 0.3) is 0 Å². The zero-order valence-corrected chi connectivity index (χ0v) is 14.4. The van der Waals surface area contributed by atoms with Crippen molar-refractivity contribution in [1.82, 2.24) is 10.6 Å². The van der Waals surface area contributed by atoms with Crippen molar-refractivity contribution in [2.24, 2.45) is 4.99 Å². The highest BCUT2D eigenvalue weighted by atomic mass is 127. The molecule has 0 atom stereocenters. The Morgan fingerprint density at radius 1 is 1.33 bits per heavy atom. The molecule has 6 nitrogen and oxygen atoms in total. The van der Waals surface area contributed by atoms with Crippen LogP contribution in [0.2, 0.25) is 0 Å². The molecule has 0 heterocycles. The van der Waals surface area contributed by atoms with Gasteiger partial charge in [0.25, 0.3) is 0 Å². The highest BCUT2D eigenvalue weighted by Gasteiger charge is 2.02. The normalized spacial score (nSPS) is 11.8. The minimum atomic E-state index is -2.93. The topological polar surface area (TPSA) is 79.8 Å². The largest absolute Gasteiger partial charge is 0.385 e. The number of sulfone groups is 1. The lowest BCUT2D eigenvalue weighted by Gasteiger charge is -2.10. The predicted molar refractivity (Wildman–Crippen MR) is 85.6 cm³/mol. The predicted octanol–water partition coefficient (Wildman–Crippen LogP) is 0.241. The summed E-state index contributed by atoms with van der Waals surface area (Å²) in [6.07, 6.45) is 2.07. The Kier molecular flexibility index (Phi) is 13.5. The first-order valence-corrected chi connectivity index (χ1v) is 7.74. The summed E-state index contributed by atoms with van der Waals surface area (Å²) < 4.78 is 26.8. The molecule has 110 valence electrons. The standard InChI is InChI=1S/C10H23N3O3S.HI/c1-4-11-10(12-6-5-8-16-2)13-7-9-17(3,14)15;/h4-9H2,1-3H3,(H2,11,12,13);1H. The number of hydrogen-bond acceptors (Lipinski definition) is 4. The number of nitrogens with zero attached hydrogens (tertiary/aromatic N) is 1. The Labute approximate surface area is 127 Å².